The summed E-state index contributed by atoms with van der Waals surface area (Å²) >= 11 is 0. The topological polar surface area (TPSA) is 104 Å². The van der Waals surface area contributed by atoms with Gasteiger partial charge in [0.15, 0.2) is 0 Å². The van der Waals surface area contributed by atoms with E-state index in [1.807, 2.05) is 30.3 Å². The van der Waals surface area contributed by atoms with Crippen molar-refractivity contribution in [3.63, 3.8) is 0 Å². The molecule has 8 nitrogen and oxygen atoms in total. The summed E-state index contributed by atoms with van der Waals surface area (Å²) < 4.78 is 28.8. The number of benzene rings is 2. The molecule has 2 aromatic carbocycles. The number of anilines is 1. The van der Waals surface area contributed by atoms with E-state index >= 15 is 0 Å². The van der Waals surface area contributed by atoms with Gasteiger partial charge in [0.05, 0.1) is 16.1 Å². The highest BCUT2D eigenvalue weighted by Gasteiger charge is 2.31. The Labute approximate surface area is 167 Å². The van der Waals surface area contributed by atoms with Crippen LogP contribution >= 0.6 is 0 Å². The van der Waals surface area contributed by atoms with Gasteiger partial charge in [0.1, 0.15) is 0 Å². The third-order valence-electron chi connectivity index (χ3n) is 4.84. The van der Waals surface area contributed by atoms with Crippen LogP contribution in [-0.4, -0.2) is 35.0 Å². The number of fused-ring (bicyclic) bond motifs is 1. The summed E-state index contributed by atoms with van der Waals surface area (Å²) in [6, 6.07) is 15.2. The van der Waals surface area contributed by atoms with E-state index < -0.39 is 10.0 Å². The number of sulfonamides is 1. The highest BCUT2D eigenvalue weighted by Crippen LogP contribution is 2.24. The molecule has 4 rings (SSSR count). The Bertz CT molecular complexity index is 1210. The van der Waals surface area contributed by atoms with Gasteiger partial charge in [0.2, 0.25) is 15.9 Å². The van der Waals surface area contributed by atoms with Crippen LogP contribution in [0.5, 0.6) is 0 Å². The number of aromatic amines is 1. The summed E-state index contributed by atoms with van der Waals surface area (Å²) in [4.78, 5) is 24.1. The summed E-state index contributed by atoms with van der Waals surface area (Å²) in [5.74, 6) is -0.230. The van der Waals surface area contributed by atoms with Gasteiger partial charge < -0.3 is 5.32 Å². The highest BCUT2D eigenvalue weighted by molar-refractivity contribution is 7.89. The number of aromatic nitrogens is 2. The van der Waals surface area contributed by atoms with Crippen molar-refractivity contribution in [3.8, 4) is 5.69 Å². The summed E-state index contributed by atoms with van der Waals surface area (Å²) in [5, 5.41) is 5.70. The standard InChI is InChI=1S/C20H20N4O4S/c1-14(25)21-15-7-9-17(10-8-15)29(27,28)23-12-11-19-18(13-23)20(26)24(22-19)16-5-3-2-4-6-16/h2-10,22H,11-13H2,1H3,(H,21,25). The highest BCUT2D eigenvalue weighted by atomic mass is 32.2. The normalized spacial score (nSPS) is 14.4. The summed E-state index contributed by atoms with van der Waals surface area (Å²) in [5.41, 5.74) is 2.19. The molecule has 3 aromatic rings. The number of H-pyrrole nitrogens is 1. The number of hydrogen-bond donors (Lipinski definition) is 2. The Hall–Kier alpha value is -3.17. The van der Waals surface area contributed by atoms with Crippen molar-refractivity contribution in [2.75, 3.05) is 11.9 Å². The van der Waals surface area contributed by atoms with Gasteiger partial charge in [-0.3, -0.25) is 14.7 Å². The van der Waals surface area contributed by atoms with Gasteiger partial charge in [-0.15, -0.1) is 0 Å². The Kier molecular flexibility index (Phi) is 4.85. The van der Waals surface area contributed by atoms with E-state index in [0.29, 0.717) is 23.4 Å². The lowest BCUT2D eigenvalue weighted by atomic mass is 10.1. The zero-order valence-electron chi connectivity index (χ0n) is 15.8. The first-order chi connectivity index (χ1) is 13.9. The second-order valence-corrected chi connectivity index (χ2v) is 8.78. The van der Waals surface area contributed by atoms with Crippen molar-refractivity contribution in [1.29, 1.82) is 0 Å². The monoisotopic (exact) mass is 412 g/mol. The maximum atomic E-state index is 13.0. The van der Waals surface area contributed by atoms with Crippen LogP contribution in [0.15, 0.2) is 64.3 Å². The fraction of sp³-hybridized carbons (Fsp3) is 0.200. The van der Waals surface area contributed by atoms with Crippen molar-refractivity contribution in [2.45, 2.75) is 24.8 Å². The van der Waals surface area contributed by atoms with Gasteiger partial charge in [0, 0.05) is 37.8 Å². The van der Waals surface area contributed by atoms with E-state index in [1.54, 1.807) is 12.1 Å². The van der Waals surface area contributed by atoms with E-state index in [0.717, 1.165) is 5.69 Å². The van der Waals surface area contributed by atoms with Crippen LogP contribution in [0.3, 0.4) is 0 Å². The minimum absolute atomic E-state index is 0.0142. The van der Waals surface area contributed by atoms with Crippen LogP contribution in [-0.2, 0) is 27.8 Å². The van der Waals surface area contributed by atoms with Crippen LogP contribution in [0.4, 0.5) is 5.69 Å². The third kappa shape index (κ3) is 3.62. The number of nitrogens with zero attached hydrogens (tertiary/aromatic N) is 2. The molecular weight excluding hydrogens is 392 g/mol. The Balaban J connectivity index is 1.62. The molecule has 2 heterocycles. The van der Waals surface area contributed by atoms with Crippen LogP contribution in [0.1, 0.15) is 18.2 Å². The van der Waals surface area contributed by atoms with E-state index in [4.69, 9.17) is 0 Å². The van der Waals surface area contributed by atoms with E-state index in [1.165, 1.54) is 28.0 Å². The number of carbonyl (C=O) groups is 1. The van der Waals surface area contributed by atoms with Crippen molar-refractivity contribution in [2.24, 2.45) is 0 Å². The fourth-order valence-corrected chi connectivity index (χ4v) is 4.81. The van der Waals surface area contributed by atoms with Gasteiger partial charge >= 0.3 is 0 Å². The molecule has 0 unspecified atom stereocenters. The Morgan fingerprint density at radius 3 is 2.41 bits per heavy atom. The van der Waals surface area contributed by atoms with Crippen LogP contribution in [0.2, 0.25) is 0 Å². The lowest BCUT2D eigenvalue weighted by Crippen LogP contribution is -2.37. The molecular formula is C20H20N4O4S. The number of hydrogen-bond acceptors (Lipinski definition) is 4. The number of para-hydroxylation sites is 1. The smallest absolute Gasteiger partial charge is 0.276 e. The minimum atomic E-state index is -3.76. The molecule has 150 valence electrons. The molecule has 0 fully saturated rings. The predicted octanol–water partition coefficient (Wildman–Crippen LogP) is 1.87. The van der Waals surface area contributed by atoms with Gasteiger partial charge in [-0.25, -0.2) is 13.1 Å². The zero-order valence-corrected chi connectivity index (χ0v) is 16.6. The maximum absolute atomic E-state index is 13.0. The Morgan fingerprint density at radius 2 is 1.76 bits per heavy atom. The lowest BCUT2D eigenvalue weighted by molar-refractivity contribution is -0.114. The van der Waals surface area contributed by atoms with Crippen molar-refractivity contribution >= 4 is 21.6 Å². The maximum Gasteiger partial charge on any atom is 0.276 e. The van der Waals surface area contributed by atoms with Crippen LogP contribution in [0, 0.1) is 0 Å². The summed E-state index contributed by atoms with van der Waals surface area (Å²) in [7, 11) is -3.76. The molecule has 1 aliphatic heterocycles. The van der Waals surface area contributed by atoms with E-state index in [-0.39, 0.29) is 29.5 Å². The molecule has 1 amide bonds. The average molecular weight is 412 g/mol. The number of rotatable bonds is 4. The molecule has 9 heteroatoms. The molecule has 1 aromatic heterocycles. The molecule has 0 aliphatic carbocycles. The largest absolute Gasteiger partial charge is 0.326 e. The van der Waals surface area contributed by atoms with Crippen molar-refractivity contribution in [3.05, 3.63) is 76.2 Å². The number of amides is 1. The molecule has 29 heavy (non-hydrogen) atoms. The fourth-order valence-electron chi connectivity index (χ4n) is 3.41. The van der Waals surface area contributed by atoms with Crippen molar-refractivity contribution in [1.82, 2.24) is 14.1 Å². The zero-order chi connectivity index (χ0) is 20.6. The molecule has 0 radical (unpaired) electrons. The molecule has 0 saturated carbocycles. The van der Waals surface area contributed by atoms with Gasteiger partial charge in [0.25, 0.3) is 5.56 Å². The second-order valence-electron chi connectivity index (χ2n) is 6.84. The minimum Gasteiger partial charge on any atom is -0.326 e. The summed E-state index contributed by atoms with van der Waals surface area (Å²) in [6.07, 6.45) is 0.424. The molecule has 1 aliphatic rings. The first kappa shape index (κ1) is 19.2. The van der Waals surface area contributed by atoms with Gasteiger partial charge in [-0.1, -0.05) is 18.2 Å². The SMILES string of the molecule is CC(=O)Nc1ccc(S(=O)(=O)N2CCc3[nH]n(-c4ccccc4)c(=O)c3C2)cc1. The van der Waals surface area contributed by atoms with E-state index in [2.05, 4.69) is 10.4 Å². The molecule has 0 spiro atoms. The number of carbonyl (C=O) groups excluding carboxylic acids is 1. The molecule has 0 atom stereocenters. The molecule has 0 saturated heterocycles. The second kappa shape index (κ2) is 7.34. The quantitative estimate of drug-likeness (QED) is 0.683. The third-order valence-corrected chi connectivity index (χ3v) is 6.70. The van der Waals surface area contributed by atoms with Crippen LogP contribution in [0.25, 0.3) is 5.69 Å². The molecule has 0 bridgehead atoms. The van der Waals surface area contributed by atoms with Crippen molar-refractivity contribution < 1.29 is 13.2 Å². The predicted molar refractivity (Wildman–Crippen MR) is 108 cm³/mol. The first-order valence-corrected chi connectivity index (χ1v) is 10.6. The lowest BCUT2D eigenvalue weighted by Gasteiger charge is -2.25. The van der Waals surface area contributed by atoms with E-state index in [9.17, 15) is 18.0 Å². The van der Waals surface area contributed by atoms with Gasteiger partial charge in [-0.2, -0.15) is 4.31 Å². The summed E-state index contributed by atoms with van der Waals surface area (Å²) in [6.45, 7) is 1.67. The van der Waals surface area contributed by atoms with Gasteiger partial charge in [-0.05, 0) is 36.4 Å². The Morgan fingerprint density at radius 1 is 1.07 bits per heavy atom. The molecule has 2 N–H and O–H groups in total. The van der Waals surface area contributed by atoms with Crippen LogP contribution < -0.4 is 10.9 Å². The average Bonchev–Trinajstić information content (AvgIpc) is 3.05. The number of nitrogens with one attached hydrogen (secondary N) is 2. The first-order valence-electron chi connectivity index (χ1n) is 9.12.